The molecule has 112 valence electrons. The van der Waals surface area contributed by atoms with Gasteiger partial charge < -0.3 is 10.4 Å². The average Bonchev–Trinajstić information content (AvgIpc) is 2.34. The highest BCUT2D eigenvalue weighted by molar-refractivity contribution is 5.63. The third-order valence-corrected chi connectivity index (χ3v) is 2.31. The number of hydrogen-bond acceptors (Lipinski definition) is 4. The van der Waals surface area contributed by atoms with Gasteiger partial charge in [0.2, 0.25) is 0 Å². The molecule has 0 aliphatic carbocycles. The summed E-state index contributed by atoms with van der Waals surface area (Å²) in [6.45, 7) is -0.732. The van der Waals surface area contributed by atoms with Gasteiger partial charge in [0.1, 0.15) is 11.8 Å². The molecule has 0 radical (unpaired) electrons. The van der Waals surface area contributed by atoms with Crippen LogP contribution < -0.4 is 5.32 Å². The molecule has 0 bridgehead atoms. The molecule has 1 rings (SSSR count). The monoisotopic (exact) mass is 300 g/mol. The Kier molecular flexibility index (Phi) is 4.82. The van der Waals surface area contributed by atoms with E-state index in [1.165, 1.54) is 0 Å². The van der Waals surface area contributed by atoms with Gasteiger partial charge in [-0.2, -0.15) is 13.2 Å². The normalized spacial score (nSPS) is 13.3. The Balaban J connectivity index is 3.00. The maximum Gasteiger partial charge on any atom is 0.416 e. The number of nitrogens with zero attached hydrogens (tertiary/aromatic N) is 1. The zero-order chi connectivity index (χ0) is 15.5. The molecule has 0 saturated carbocycles. The molecule has 0 aliphatic heterocycles. The Morgan fingerprint density at radius 2 is 1.95 bits per heavy atom. The van der Waals surface area contributed by atoms with Crippen LogP contribution in [0.5, 0.6) is 0 Å². The molecule has 20 heavy (non-hydrogen) atoms. The highest BCUT2D eigenvalue weighted by Crippen LogP contribution is 2.34. The summed E-state index contributed by atoms with van der Waals surface area (Å²) in [5.41, 5.74) is -2.53. The predicted molar refractivity (Wildman–Crippen MR) is 58.6 cm³/mol. The zero-order valence-electron chi connectivity index (χ0n) is 9.69. The van der Waals surface area contributed by atoms with Crippen molar-refractivity contribution in [2.45, 2.75) is 18.7 Å². The molecule has 0 spiro atoms. The fourth-order valence-corrected chi connectivity index (χ4v) is 1.31. The Hall–Kier alpha value is -1.97. The predicted octanol–water partition coefficient (Wildman–Crippen LogP) is 2.65. The number of aliphatic hydroxyl groups is 1. The summed E-state index contributed by atoms with van der Waals surface area (Å²) >= 11 is 0. The van der Waals surface area contributed by atoms with Gasteiger partial charge in [-0.15, -0.1) is 0 Å². The number of nitro groups is 1. The first-order valence-corrected chi connectivity index (χ1v) is 5.18. The van der Waals surface area contributed by atoms with Crippen molar-refractivity contribution in [3.05, 3.63) is 33.9 Å². The largest absolute Gasteiger partial charge is 0.416 e. The van der Waals surface area contributed by atoms with Crippen molar-refractivity contribution in [3.8, 4) is 0 Å². The maximum absolute atomic E-state index is 12.4. The Morgan fingerprint density at radius 3 is 2.40 bits per heavy atom. The Labute approximate surface area is 109 Å². The van der Waals surface area contributed by atoms with E-state index in [-0.39, 0.29) is 11.8 Å². The molecule has 1 aromatic rings. The van der Waals surface area contributed by atoms with Crippen molar-refractivity contribution >= 4 is 11.4 Å². The van der Waals surface area contributed by atoms with Crippen LogP contribution in [0.1, 0.15) is 5.56 Å². The first-order valence-electron chi connectivity index (χ1n) is 5.18. The summed E-state index contributed by atoms with van der Waals surface area (Å²) in [7, 11) is 0. The van der Waals surface area contributed by atoms with Gasteiger partial charge in [0.05, 0.1) is 10.5 Å². The molecule has 0 amide bonds. The molecule has 0 aromatic heterocycles. The van der Waals surface area contributed by atoms with Crippen LogP contribution in [0.15, 0.2) is 18.2 Å². The van der Waals surface area contributed by atoms with Crippen molar-refractivity contribution in [2.24, 2.45) is 0 Å². The number of nitro benzene ring substituents is 1. The standard InChI is InChI=1S/C10H9F5N2O3/c11-9(12)8(18)4-16-6-2-1-5(10(13,14)15)3-7(6)17(19)20/h1-3,8-9,16,18H,4H2. The van der Waals surface area contributed by atoms with Gasteiger partial charge in [0, 0.05) is 12.6 Å². The lowest BCUT2D eigenvalue weighted by molar-refractivity contribution is -0.384. The number of alkyl halides is 5. The molecule has 10 heteroatoms. The zero-order valence-corrected chi connectivity index (χ0v) is 9.69. The molecule has 1 aromatic carbocycles. The minimum absolute atomic E-state index is 0.289. The molecular formula is C10H9F5N2O3. The first kappa shape index (κ1) is 16.1. The van der Waals surface area contributed by atoms with Gasteiger partial charge in [-0.05, 0) is 12.1 Å². The second-order valence-electron chi connectivity index (χ2n) is 3.77. The van der Waals surface area contributed by atoms with E-state index in [0.717, 1.165) is 6.07 Å². The number of halogens is 5. The van der Waals surface area contributed by atoms with Crippen LogP contribution in [-0.2, 0) is 6.18 Å². The van der Waals surface area contributed by atoms with E-state index < -0.39 is 41.4 Å². The smallest absolute Gasteiger partial charge is 0.385 e. The Bertz CT molecular complexity index is 492. The van der Waals surface area contributed by atoms with Crippen molar-refractivity contribution in [1.82, 2.24) is 0 Å². The topological polar surface area (TPSA) is 75.4 Å². The lowest BCUT2D eigenvalue weighted by atomic mass is 10.1. The molecule has 0 heterocycles. The summed E-state index contributed by atoms with van der Waals surface area (Å²) in [5, 5.41) is 21.6. The second kappa shape index (κ2) is 5.99. The minimum Gasteiger partial charge on any atom is -0.385 e. The van der Waals surface area contributed by atoms with Gasteiger partial charge >= 0.3 is 6.18 Å². The van der Waals surface area contributed by atoms with Gasteiger partial charge in [-0.25, -0.2) is 8.78 Å². The van der Waals surface area contributed by atoms with Crippen molar-refractivity contribution in [1.29, 1.82) is 0 Å². The summed E-state index contributed by atoms with van der Waals surface area (Å²) in [6.07, 6.45) is -9.92. The van der Waals surface area contributed by atoms with E-state index in [1.54, 1.807) is 0 Å². The van der Waals surface area contributed by atoms with Gasteiger partial charge in [0.25, 0.3) is 12.1 Å². The number of benzene rings is 1. The number of rotatable bonds is 5. The van der Waals surface area contributed by atoms with E-state index >= 15 is 0 Å². The number of anilines is 1. The lowest BCUT2D eigenvalue weighted by Gasteiger charge is -2.13. The summed E-state index contributed by atoms with van der Waals surface area (Å²) < 4.78 is 61.3. The third-order valence-electron chi connectivity index (χ3n) is 2.31. The molecule has 2 N–H and O–H groups in total. The van der Waals surface area contributed by atoms with Gasteiger partial charge in [-0.1, -0.05) is 0 Å². The van der Waals surface area contributed by atoms with Crippen LogP contribution in [0.4, 0.5) is 33.3 Å². The lowest BCUT2D eigenvalue weighted by Crippen LogP contribution is -2.27. The minimum atomic E-state index is -4.76. The van der Waals surface area contributed by atoms with Crippen molar-refractivity contribution < 1.29 is 32.0 Å². The Morgan fingerprint density at radius 1 is 1.35 bits per heavy atom. The molecule has 1 unspecified atom stereocenters. The van der Waals surface area contributed by atoms with Crippen LogP contribution in [0.3, 0.4) is 0 Å². The molecule has 5 nitrogen and oxygen atoms in total. The average molecular weight is 300 g/mol. The van der Waals surface area contributed by atoms with E-state index in [0.29, 0.717) is 6.07 Å². The molecular weight excluding hydrogens is 291 g/mol. The fourth-order valence-electron chi connectivity index (χ4n) is 1.31. The third kappa shape index (κ3) is 4.02. The molecule has 1 atom stereocenters. The number of aliphatic hydroxyl groups excluding tert-OH is 1. The first-order chi connectivity index (χ1) is 9.12. The van der Waals surface area contributed by atoms with E-state index in [2.05, 4.69) is 5.32 Å². The van der Waals surface area contributed by atoms with Crippen LogP contribution in [0, 0.1) is 10.1 Å². The van der Waals surface area contributed by atoms with E-state index in [4.69, 9.17) is 5.11 Å². The molecule has 0 fully saturated rings. The van der Waals surface area contributed by atoms with E-state index in [9.17, 15) is 32.1 Å². The van der Waals surface area contributed by atoms with Crippen LogP contribution in [-0.4, -0.2) is 29.1 Å². The summed E-state index contributed by atoms with van der Waals surface area (Å²) in [5.74, 6) is 0. The second-order valence-corrected chi connectivity index (χ2v) is 3.77. The number of hydrogen-bond donors (Lipinski definition) is 2. The van der Waals surface area contributed by atoms with Crippen molar-refractivity contribution in [2.75, 3.05) is 11.9 Å². The van der Waals surface area contributed by atoms with Crippen LogP contribution >= 0.6 is 0 Å². The summed E-state index contributed by atoms with van der Waals surface area (Å²) in [4.78, 5) is 9.59. The highest BCUT2D eigenvalue weighted by atomic mass is 19.4. The van der Waals surface area contributed by atoms with Crippen molar-refractivity contribution in [3.63, 3.8) is 0 Å². The fraction of sp³-hybridized carbons (Fsp3) is 0.400. The SMILES string of the molecule is O=[N+]([O-])c1cc(C(F)(F)F)ccc1NCC(O)C(F)F. The van der Waals surface area contributed by atoms with Crippen LogP contribution in [0.25, 0.3) is 0 Å². The van der Waals surface area contributed by atoms with E-state index in [1.807, 2.05) is 0 Å². The molecule has 0 aliphatic rings. The number of nitrogens with one attached hydrogen (secondary N) is 1. The highest BCUT2D eigenvalue weighted by Gasteiger charge is 2.33. The van der Waals surface area contributed by atoms with Gasteiger partial charge in [-0.3, -0.25) is 10.1 Å². The molecule has 0 saturated heterocycles. The van der Waals surface area contributed by atoms with Gasteiger partial charge in [0.15, 0.2) is 0 Å². The maximum atomic E-state index is 12.4. The quantitative estimate of drug-likeness (QED) is 0.498. The van der Waals surface area contributed by atoms with Crippen LogP contribution in [0.2, 0.25) is 0 Å². The summed E-state index contributed by atoms with van der Waals surface area (Å²) in [6, 6.07) is 1.61.